The Morgan fingerprint density at radius 3 is 2.06 bits per heavy atom. The van der Waals surface area contributed by atoms with Crippen LogP contribution in [0.3, 0.4) is 0 Å². The number of fused-ring (bicyclic) bond motifs is 2. The Balaban J connectivity index is 0.00000208. The summed E-state index contributed by atoms with van der Waals surface area (Å²) in [5, 5.41) is 9.28. The number of aliphatic carboxylic acids is 1. The molecule has 3 aromatic carbocycles. The summed E-state index contributed by atoms with van der Waals surface area (Å²) in [5.74, 6) is 0.681. The number of para-hydroxylation sites is 1. The van der Waals surface area contributed by atoms with E-state index < -0.39 is 32.1 Å². The molecule has 3 aliphatic rings. The largest absolute Gasteiger partial charge is 0.481 e. The van der Waals surface area contributed by atoms with Crippen molar-refractivity contribution in [1.29, 1.82) is 0 Å². The second-order valence-corrected chi connectivity index (χ2v) is 23.0. The van der Waals surface area contributed by atoms with E-state index in [4.69, 9.17) is 17.4 Å². The third kappa shape index (κ3) is 14.2. The molecule has 15 heteroatoms. The summed E-state index contributed by atoms with van der Waals surface area (Å²) in [6.07, 6.45) is 16.3. The summed E-state index contributed by atoms with van der Waals surface area (Å²) < 4.78 is 71.3. The molecule has 2 aliphatic heterocycles. The number of carboxylic acids is 1. The second kappa shape index (κ2) is 22.1. The van der Waals surface area contributed by atoms with Gasteiger partial charge in [0.05, 0.1) is 65.7 Å². The minimum Gasteiger partial charge on any atom is -0.481 e. The summed E-state index contributed by atoms with van der Waals surface area (Å²) in [6.45, 7) is 12.7. The number of rotatable bonds is 19. The topological polar surface area (TPSA) is 158 Å². The molecule has 2 N–H and O–H groups in total. The molecule has 0 spiro atoms. The van der Waals surface area contributed by atoms with E-state index in [-0.39, 0.29) is 16.7 Å². The number of anilines is 1. The Labute approximate surface area is 406 Å². The lowest BCUT2D eigenvalue weighted by Crippen LogP contribution is -2.35. The first kappa shape index (κ1) is 53.8. The van der Waals surface area contributed by atoms with E-state index >= 15 is 0 Å². The average molecular weight is 974 g/mol. The van der Waals surface area contributed by atoms with Crippen LogP contribution in [-0.2, 0) is 42.8 Å². The number of quaternary nitrogens is 2. The predicted octanol–water partition coefficient (Wildman–Crippen LogP) is 8.98. The van der Waals surface area contributed by atoms with Gasteiger partial charge >= 0.3 is 16.6 Å². The zero-order valence-electron chi connectivity index (χ0n) is 41.7. The van der Waals surface area contributed by atoms with Gasteiger partial charge < -0.3 is 23.7 Å². The number of nitrogens with zero attached hydrogens (tertiary/aromatic N) is 4. The molecule has 0 fully saturated rings. The zero-order valence-corrected chi connectivity index (χ0v) is 43.3. The molecule has 0 aromatic heterocycles. The highest BCUT2D eigenvalue weighted by molar-refractivity contribution is 7.85. The van der Waals surface area contributed by atoms with E-state index in [1.54, 1.807) is 6.07 Å². The van der Waals surface area contributed by atoms with Gasteiger partial charge in [0.1, 0.15) is 18.1 Å². The minimum atomic E-state index is -4.39. The van der Waals surface area contributed by atoms with Gasteiger partial charge in [0, 0.05) is 60.3 Å². The molecule has 68 heavy (non-hydrogen) atoms. The van der Waals surface area contributed by atoms with E-state index in [1.807, 2.05) is 30.3 Å². The standard InChI is InChI=1S/C53H71N4O6S.O3S/c1-52(2)44-20-11-12-21-46(44)54(34-13-15-36-56(5,6)7)48(52)31-25-40-18-17-19-41(51(40)63-42-27-22-39(23-28-42)24-33-50(58)59)26-32-49-53(3,4)45-38-43(64(60,61)62)29-30-47(45)55(49)35-14-16-37-57(8,9)10;1-4(2)3/h11-12,20-23,25-32,38H,13-19,24,33-37H2,1-10H3;/q+1;/p+2. The van der Waals surface area contributed by atoms with Crippen molar-refractivity contribution in [1.82, 2.24) is 0 Å². The number of benzene rings is 3. The molecule has 368 valence electrons. The predicted molar refractivity (Wildman–Crippen MR) is 269 cm³/mol. The monoisotopic (exact) mass is 973 g/mol. The summed E-state index contributed by atoms with van der Waals surface area (Å²) in [7, 11) is 5.85. The van der Waals surface area contributed by atoms with Crippen molar-refractivity contribution < 1.29 is 53.8 Å². The molecule has 2 heterocycles. The maximum Gasteiger partial charge on any atom is 0.425 e. The Bertz CT molecular complexity index is 2710. The molecule has 0 bridgehead atoms. The van der Waals surface area contributed by atoms with Gasteiger partial charge in [0.25, 0.3) is 10.1 Å². The number of carbonyl (C=O) groups is 1. The van der Waals surface area contributed by atoms with Crippen LogP contribution in [0, 0.1) is 0 Å². The fourth-order valence-corrected chi connectivity index (χ4v) is 9.96. The fraction of sp³-hybridized carbons (Fsp3) is 0.472. The number of ether oxygens (including phenoxy) is 1. The minimum absolute atomic E-state index is 0.0674. The van der Waals surface area contributed by atoms with Gasteiger partial charge in [0.15, 0.2) is 5.71 Å². The number of allylic oxidation sites excluding steroid dienone is 7. The fourth-order valence-electron chi connectivity index (χ4n) is 9.45. The molecular formula is C53H73N4O9S2+3. The van der Waals surface area contributed by atoms with Crippen LogP contribution in [0.1, 0.15) is 95.8 Å². The Morgan fingerprint density at radius 2 is 1.44 bits per heavy atom. The first-order chi connectivity index (χ1) is 31.7. The van der Waals surface area contributed by atoms with Gasteiger partial charge in [-0.15, -0.1) is 12.6 Å². The van der Waals surface area contributed by atoms with Crippen molar-refractivity contribution in [2.24, 2.45) is 0 Å². The number of unbranched alkanes of at least 4 members (excludes halogenated alkanes) is 2. The maximum absolute atomic E-state index is 12.3. The van der Waals surface area contributed by atoms with E-state index in [2.05, 4.69) is 128 Å². The van der Waals surface area contributed by atoms with Gasteiger partial charge in [-0.1, -0.05) is 50.3 Å². The van der Waals surface area contributed by atoms with Gasteiger partial charge in [-0.05, 0) is 117 Å². The van der Waals surface area contributed by atoms with E-state index in [1.165, 1.54) is 23.0 Å². The number of carboxylic acid groups (broad SMARTS) is 1. The van der Waals surface area contributed by atoms with Gasteiger partial charge in [-0.25, -0.2) is 0 Å². The molecule has 0 saturated heterocycles. The van der Waals surface area contributed by atoms with Gasteiger partial charge in [0.2, 0.25) is 5.69 Å². The maximum atomic E-state index is 12.3. The number of aryl methyl sites for hydroxylation is 1. The molecule has 3 aromatic rings. The Morgan fingerprint density at radius 1 is 0.809 bits per heavy atom. The van der Waals surface area contributed by atoms with Crippen molar-refractivity contribution in [3.05, 3.63) is 130 Å². The molecule has 1 aliphatic carbocycles. The summed E-state index contributed by atoms with van der Waals surface area (Å²) in [5.41, 5.74) is 9.09. The van der Waals surface area contributed by atoms with E-state index in [0.717, 1.165) is 120 Å². The van der Waals surface area contributed by atoms with Crippen LogP contribution < -0.4 is 9.64 Å². The van der Waals surface area contributed by atoms with Crippen molar-refractivity contribution in [3.63, 3.8) is 0 Å². The summed E-state index contributed by atoms with van der Waals surface area (Å²) in [4.78, 5) is 13.5. The second-order valence-electron chi connectivity index (χ2n) is 21.2. The van der Waals surface area contributed by atoms with Crippen LogP contribution in [0.25, 0.3) is 0 Å². The summed E-state index contributed by atoms with van der Waals surface area (Å²) >= 11 is 0. The third-order valence-corrected chi connectivity index (χ3v) is 13.9. The zero-order chi connectivity index (χ0) is 50.2. The number of hydrogen-bond acceptors (Lipinski definition) is 8. The Hall–Kier alpha value is -5.19. The third-order valence-electron chi connectivity index (χ3n) is 13.0. The average Bonchev–Trinajstić information content (AvgIpc) is 3.58. The van der Waals surface area contributed by atoms with Crippen LogP contribution in [0.4, 0.5) is 11.4 Å². The normalized spacial score (nSPS) is 18.0. The van der Waals surface area contributed by atoms with Crippen LogP contribution in [0.5, 0.6) is 5.75 Å². The molecule has 13 nitrogen and oxygen atoms in total. The van der Waals surface area contributed by atoms with Gasteiger partial charge in [-0.3, -0.25) is 9.35 Å². The quantitative estimate of drug-likeness (QED) is 0.0514. The highest BCUT2D eigenvalue weighted by Crippen LogP contribution is 2.49. The lowest BCUT2D eigenvalue weighted by Gasteiger charge is -2.28. The first-order valence-electron chi connectivity index (χ1n) is 23.5. The highest BCUT2D eigenvalue weighted by Gasteiger charge is 2.44. The van der Waals surface area contributed by atoms with Crippen molar-refractivity contribution in [2.45, 2.75) is 101 Å². The van der Waals surface area contributed by atoms with Crippen molar-refractivity contribution in [3.8, 4) is 5.75 Å². The van der Waals surface area contributed by atoms with Crippen LogP contribution in [-0.4, -0.2) is 124 Å². The van der Waals surface area contributed by atoms with Crippen LogP contribution in [0.2, 0.25) is 0 Å². The number of hydrogen-bond donors (Lipinski definition) is 2. The molecule has 0 saturated carbocycles. The summed E-state index contributed by atoms with van der Waals surface area (Å²) in [6, 6.07) is 21.5. The lowest BCUT2D eigenvalue weighted by atomic mass is 9.81. The molecule has 6 rings (SSSR count). The molecule has 0 atom stereocenters. The molecule has 0 amide bonds. The van der Waals surface area contributed by atoms with Crippen LogP contribution >= 0.6 is 0 Å². The van der Waals surface area contributed by atoms with Crippen molar-refractivity contribution in [2.75, 3.05) is 73.4 Å². The van der Waals surface area contributed by atoms with E-state index in [9.17, 15) is 22.9 Å². The highest BCUT2D eigenvalue weighted by atomic mass is 32.2. The SMILES string of the molecule is CC1(C)C(/C=C/C2=C(Oc3ccc(CCC(=O)O)cc3)C(=C/C=C3/N(CCCC[N+](C)(C)C)c4ccc(S(=O)(=O)O)cc4C3(C)C)/CCC2)=[N+](CCCC[N+](C)(C)C)c2ccccc21.O=S(=O)=O. The molecular weight excluding hydrogens is 901 g/mol. The smallest absolute Gasteiger partial charge is 0.425 e. The Kier molecular flexibility index (Phi) is 17.4. The molecule has 0 radical (unpaired) electrons. The lowest BCUT2D eigenvalue weighted by molar-refractivity contribution is -0.870. The van der Waals surface area contributed by atoms with Crippen molar-refractivity contribution >= 4 is 43.8 Å². The van der Waals surface area contributed by atoms with Gasteiger partial charge in [-0.2, -0.15) is 13.0 Å². The van der Waals surface area contributed by atoms with Crippen LogP contribution in [0.15, 0.2) is 119 Å². The first-order valence-corrected chi connectivity index (χ1v) is 26.0. The molecule has 0 unspecified atom stereocenters. The van der Waals surface area contributed by atoms with E-state index in [0.29, 0.717) is 12.2 Å².